The van der Waals surface area contributed by atoms with E-state index in [1.807, 2.05) is 25.2 Å². The molecule has 5 nitrogen and oxygen atoms in total. The minimum Gasteiger partial charge on any atom is -0.356 e. The molecule has 1 heterocycles. The zero-order valence-corrected chi connectivity index (χ0v) is 19.8. The van der Waals surface area contributed by atoms with E-state index < -0.39 is 0 Å². The molecule has 1 saturated heterocycles. The number of carbonyl (C=O) groups excluding carboxylic acids is 1. The van der Waals surface area contributed by atoms with Crippen molar-refractivity contribution in [2.24, 2.45) is 4.99 Å². The highest BCUT2D eigenvalue weighted by Gasteiger charge is 2.25. The molecule has 2 aromatic carbocycles. The highest BCUT2D eigenvalue weighted by atomic mass is 127. The van der Waals surface area contributed by atoms with Gasteiger partial charge in [0.15, 0.2) is 5.96 Å². The first-order valence-corrected chi connectivity index (χ1v) is 9.89. The molecule has 0 spiro atoms. The van der Waals surface area contributed by atoms with Crippen molar-refractivity contribution in [2.75, 3.05) is 40.8 Å². The second-order valence-corrected chi connectivity index (χ2v) is 7.47. The second kappa shape index (κ2) is 11.2. The molecule has 156 valence electrons. The molecule has 1 aliphatic rings. The maximum atomic E-state index is 12.1. The number of nitrogens with zero attached hydrogens (tertiary/aromatic N) is 3. The molecule has 1 aliphatic heterocycles. The highest BCUT2D eigenvalue weighted by molar-refractivity contribution is 14.0. The predicted octanol–water partition coefficient (Wildman–Crippen LogP) is 3.61. The normalized spacial score (nSPS) is 16.3. The van der Waals surface area contributed by atoms with Crippen LogP contribution in [0.25, 0.3) is 0 Å². The quantitative estimate of drug-likeness (QED) is 0.383. The Morgan fingerprint density at radius 1 is 1.17 bits per heavy atom. The van der Waals surface area contributed by atoms with Crippen LogP contribution in [0.3, 0.4) is 0 Å². The van der Waals surface area contributed by atoms with Crippen molar-refractivity contribution in [3.05, 3.63) is 71.3 Å². The van der Waals surface area contributed by atoms with Crippen molar-refractivity contribution < 1.29 is 4.79 Å². The van der Waals surface area contributed by atoms with Gasteiger partial charge in [-0.1, -0.05) is 42.5 Å². The van der Waals surface area contributed by atoms with Gasteiger partial charge in [0, 0.05) is 52.3 Å². The first-order chi connectivity index (χ1) is 13.6. The average Bonchev–Trinajstić information content (AvgIpc) is 3.21. The van der Waals surface area contributed by atoms with Crippen molar-refractivity contribution in [2.45, 2.75) is 18.8 Å². The van der Waals surface area contributed by atoms with E-state index in [4.69, 9.17) is 0 Å². The molecule has 0 radical (unpaired) electrons. The molecule has 29 heavy (non-hydrogen) atoms. The van der Waals surface area contributed by atoms with Gasteiger partial charge in [-0.15, -0.1) is 24.0 Å². The predicted molar refractivity (Wildman–Crippen MR) is 130 cm³/mol. The van der Waals surface area contributed by atoms with E-state index in [0.717, 1.165) is 49.6 Å². The molecule has 1 fully saturated rings. The van der Waals surface area contributed by atoms with Gasteiger partial charge in [-0.25, -0.2) is 0 Å². The SMILES string of the molecule is CN=C(NCCc1cccc(C(=O)N(C)C)c1)N1CCC(c2ccccc2)C1.I. The van der Waals surface area contributed by atoms with Gasteiger partial charge in [-0.2, -0.15) is 0 Å². The van der Waals surface area contributed by atoms with Crippen LogP contribution in [-0.4, -0.2) is 62.4 Å². The van der Waals surface area contributed by atoms with E-state index in [0.29, 0.717) is 5.92 Å². The Morgan fingerprint density at radius 2 is 1.93 bits per heavy atom. The average molecular weight is 506 g/mol. The number of benzene rings is 2. The Labute approximate surface area is 191 Å². The minimum absolute atomic E-state index is 0. The van der Waals surface area contributed by atoms with Gasteiger partial charge < -0.3 is 15.1 Å². The Hall–Kier alpha value is -2.09. The largest absolute Gasteiger partial charge is 0.356 e. The van der Waals surface area contributed by atoms with Crippen LogP contribution in [0.5, 0.6) is 0 Å². The topological polar surface area (TPSA) is 47.9 Å². The lowest BCUT2D eigenvalue weighted by atomic mass is 9.99. The van der Waals surface area contributed by atoms with E-state index >= 15 is 0 Å². The number of amides is 1. The molecule has 0 saturated carbocycles. The van der Waals surface area contributed by atoms with Gasteiger partial charge in [-0.05, 0) is 36.1 Å². The molecular formula is C23H31IN4O. The maximum Gasteiger partial charge on any atom is 0.253 e. The van der Waals surface area contributed by atoms with Crippen LogP contribution >= 0.6 is 24.0 Å². The smallest absolute Gasteiger partial charge is 0.253 e. The lowest BCUT2D eigenvalue weighted by Gasteiger charge is -2.22. The fourth-order valence-corrected chi connectivity index (χ4v) is 3.72. The fourth-order valence-electron chi connectivity index (χ4n) is 3.72. The zero-order valence-electron chi connectivity index (χ0n) is 17.5. The van der Waals surface area contributed by atoms with Gasteiger partial charge in [0.2, 0.25) is 0 Å². The number of hydrogen-bond acceptors (Lipinski definition) is 2. The summed E-state index contributed by atoms with van der Waals surface area (Å²) in [6.07, 6.45) is 2.00. The summed E-state index contributed by atoms with van der Waals surface area (Å²) >= 11 is 0. The molecule has 0 bridgehead atoms. The summed E-state index contributed by atoms with van der Waals surface area (Å²) in [6.45, 7) is 2.81. The number of aliphatic imine (C=N–C) groups is 1. The van der Waals surface area contributed by atoms with E-state index in [1.165, 1.54) is 5.56 Å². The number of nitrogens with one attached hydrogen (secondary N) is 1. The van der Waals surface area contributed by atoms with E-state index in [1.54, 1.807) is 19.0 Å². The zero-order chi connectivity index (χ0) is 19.9. The Balaban J connectivity index is 0.00000300. The van der Waals surface area contributed by atoms with Crippen molar-refractivity contribution in [1.29, 1.82) is 0 Å². The third-order valence-corrected chi connectivity index (χ3v) is 5.25. The van der Waals surface area contributed by atoms with Crippen molar-refractivity contribution in [1.82, 2.24) is 15.1 Å². The monoisotopic (exact) mass is 506 g/mol. The lowest BCUT2D eigenvalue weighted by Crippen LogP contribution is -2.40. The number of hydrogen-bond donors (Lipinski definition) is 1. The third kappa shape index (κ3) is 6.19. The van der Waals surface area contributed by atoms with Crippen molar-refractivity contribution in [3.8, 4) is 0 Å². The molecule has 0 aliphatic carbocycles. The number of likely N-dealkylation sites (tertiary alicyclic amines) is 1. The molecule has 3 rings (SSSR count). The van der Waals surface area contributed by atoms with E-state index in [-0.39, 0.29) is 29.9 Å². The van der Waals surface area contributed by atoms with Gasteiger partial charge in [0.1, 0.15) is 0 Å². The molecule has 1 atom stereocenters. The van der Waals surface area contributed by atoms with Crippen molar-refractivity contribution in [3.63, 3.8) is 0 Å². The Morgan fingerprint density at radius 3 is 2.62 bits per heavy atom. The van der Waals surface area contributed by atoms with Crippen LogP contribution in [0.2, 0.25) is 0 Å². The molecule has 2 aromatic rings. The standard InChI is InChI=1S/C23H30N4O.HI/c1-24-23(27-15-13-21(17-27)19-9-5-4-6-10-19)25-14-12-18-8-7-11-20(16-18)22(28)26(2)3;/h4-11,16,21H,12-15,17H2,1-3H3,(H,24,25);1H. The van der Waals surface area contributed by atoms with E-state index in [9.17, 15) is 4.79 Å². The second-order valence-electron chi connectivity index (χ2n) is 7.47. The Kier molecular flexibility index (Phi) is 8.95. The van der Waals surface area contributed by atoms with Gasteiger partial charge in [0.25, 0.3) is 5.91 Å². The third-order valence-electron chi connectivity index (χ3n) is 5.25. The molecular weight excluding hydrogens is 475 g/mol. The van der Waals surface area contributed by atoms with Gasteiger partial charge in [0.05, 0.1) is 0 Å². The number of rotatable bonds is 5. The van der Waals surface area contributed by atoms with Crippen LogP contribution < -0.4 is 5.32 Å². The van der Waals surface area contributed by atoms with Crippen LogP contribution in [0, 0.1) is 0 Å². The molecule has 1 amide bonds. The summed E-state index contributed by atoms with van der Waals surface area (Å²) in [5.74, 6) is 1.56. The molecule has 0 aromatic heterocycles. The summed E-state index contributed by atoms with van der Waals surface area (Å²) in [5, 5.41) is 3.48. The first kappa shape index (κ1) is 23.2. The summed E-state index contributed by atoms with van der Waals surface area (Å²) in [6, 6.07) is 18.6. The summed E-state index contributed by atoms with van der Waals surface area (Å²) in [7, 11) is 5.40. The van der Waals surface area contributed by atoms with Gasteiger partial charge in [-0.3, -0.25) is 9.79 Å². The van der Waals surface area contributed by atoms with E-state index in [2.05, 4.69) is 51.6 Å². The number of carbonyl (C=O) groups is 1. The molecule has 1 N–H and O–H groups in total. The van der Waals surface area contributed by atoms with Crippen LogP contribution in [0.15, 0.2) is 59.6 Å². The maximum absolute atomic E-state index is 12.1. The number of guanidine groups is 1. The van der Waals surface area contributed by atoms with Crippen molar-refractivity contribution >= 4 is 35.8 Å². The first-order valence-electron chi connectivity index (χ1n) is 9.89. The molecule has 1 unspecified atom stereocenters. The summed E-state index contributed by atoms with van der Waals surface area (Å²) < 4.78 is 0. The lowest BCUT2D eigenvalue weighted by molar-refractivity contribution is 0.0827. The summed E-state index contributed by atoms with van der Waals surface area (Å²) in [5.41, 5.74) is 3.29. The number of halogens is 1. The fraction of sp³-hybridized carbons (Fsp3) is 0.391. The van der Waals surface area contributed by atoms with Crippen LogP contribution in [0.4, 0.5) is 0 Å². The van der Waals surface area contributed by atoms with Crippen LogP contribution in [0.1, 0.15) is 33.8 Å². The minimum atomic E-state index is 0. The van der Waals surface area contributed by atoms with Gasteiger partial charge >= 0.3 is 0 Å². The van der Waals surface area contributed by atoms with Crippen LogP contribution in [-0.2, 0) is 6.42 Å². The Bertz CT molecular complexity index is 823. The summed E-state index contributed by atoms with van der Waals surface area (Å²) in [4.78, 5) is 20.5. The highest BCUT2D eigenvalue weighted by Crippen LogP contribution is 2.26. The molecule has 6 heteroatoms.